The normalized spacial score (nSPS) is 15.3. The van der Waals surface area contributed by atoms with Crippen molar-refractivity contribution < 1.29 is 9.32 Å². The van der Waals surface area contributed by atoms with Gasteiger partial charge in [-0.25, -0.2) is 4.79 Å². The van der Waals surface area contributed by atoms with Crippen molar-refractivity contribution in [3.8, 4) is 0 Å². The van der Waals surface area contributed by atoms with E-state index in [-0.39, 0.29) is 6.03 Å². The first kappa shape index (κ1) is 18.1. The zero-order valence-corrected chi connectivity index (χ0v) is 16.0. The summed E-state index contributed by atoms with van der Waals surface area (Å²) in [6.45, 7) is 3.62. The van der Waals surface area contributed by atoms with Gasteiger partial charge in [0.2, 0.25) is 5.88 Å². The number of halogens is 2. The Hall–Kier alpha value is -2.28. The van der Waals surface area contributed by atoms with Crippen molar-refractivity contribution in [1.82, 2.24) is 15.0 Å². The third-order valence-electron chi connectivity index (χ3n) is 4.65. The predicted octanol–water partition coefficient (Wildman–Crippen LogP) is 4.48. The maximum absolute atomic E-state index is 12.5. The molecule has 8 heteroatoms. The highest BCUT2D eigenvalue weighted by molar-refractivity contribution is 6.42. The first-order chi connectivity index (χ1) is 13.1. The molecule has 0 saturated carbocycles. The first-order valence-electron chi connectivity index (χ1n) is 8.67. The van der Waals surface area contributed by atoms with Crippen LogP contribution in [0.5, 0.6) is 0 Å². The van der Waals surface area contributed by atoms with Crippen LogP contribution in [0, 0.1) is 0 Å². The van der Waals surface area contributed by atoms with Gasteiger partial charge in [0.1, 0.15) is 5.52 Å². The fraction of sp³-hybridized carbons (Fsp3) is 0.263. The second-order valence-corrected chi connectivity index (χ2v) is 7.29. The van der Waals surface area contributed by atoms with Crippen molar-refractivity contribution in [1.29, 1.82) is 0 Å². The Kier molecular flexibility index (Phi) is 5.20. The van der Waals surface area contributed by atoms with E-state index in [1.807, 2.05) is 42.5 Å². The second kappa shape index (κ2) is 7.76. The molecule has 0 atom stereocenters. The lowest BCUT2D eigenvalue weighted by atomic mass is 10.2. The van der Waals surface area contributed by atoms with E-state index in [2.05, 4.69) is 15.4 Å². The number of rotatable bonds is 3. The molecule has 0 bridgehead atoms. The molecule has 6 nitrogen and oxygen atoms in total. The fourth-order valence-electron chi connectivity index (χ4n) is 3.16. The summed E-state index contributed by atoms with van der Waals surface area (Å²) in [4.78, 5) is 16.6. The van der Waals surface area contributed by atoms with Gasteiger partial charge in [-0.3, -0.25) is 10.2 Å². The minimum absolute atomic E-state index is 0.175. The molecule has 2 heterocycles. The van der Waals surface area contributed by atoms with Crippen molar-refractivity contribution in [3.05, 3.63) is 58.1 Å². The standard InChI is InChI=1S/C19H18Cl2N4O2/c20-15-6-5-13(11-16(15)21)12-24-7-9-25(10-8-24)19(26)22-18-14-3-1-2-4-17(14)23-27-18/h1-6,11H,7-10,12H2,(H,22,26). The van der Waals surface area contributed by atoms with E-state index in [9.17, 15) is 4.79 Å². The average Bonchev–Trinajstić information content (AvgIpc) is 3.08. The number of anilines is 1. The maximum Gasteiger partial charge on any atom is 0.324 e. The largest absolute Gasteiger partial charge is 0.337 e. The number of amides is 2. The number of hydrogen-bond acceptors (Lipinski definition) is 4. The Morgan fingerprint density at radius 3 is 2.63 bits per heavy atom. The van der Waals surface area contributed by atoms with Gasteiger partial charge in [0, 0.05) is 32.7 Å². The average molecular weight is 405 g/mol. The van der Waals surface area contributed by atoms with E-state index < -0.39 is 0 Å². The maximum atomic E-state index is 12.5. The Morgan fingerprint density at radius 1 is 1.07 bits per heavy atom. The van der Waals surface area contributed by atoms with E-state index in [1.165, 1.54) is 0 Å². The number of nitrogens with one attached hydrogen (secondary N) is 1. The Balaban J connectivity index is 1.33. The predicted molar refractivity (Wildman–Crippen MR) is 106 cm³/mol. The monoisotopic (exact) mass is 404 g/mol. The van der Waals surface area contributed by atoms with E-state index >= 15 is 0 Å². The van der Waals surface area contributed by atoms with Crippen LogP contribution in [-0.4, -0.2) is 47.2 Å². The fourth-order valence-corrected chi connectivity index (χ4v) is 3.48. The Morgan fingerprint density at radius 2 is 1.85 bits per heavy atom. The van der Waals surface area contributed by atoms with Gasteiger partial charge in [0.05, 0.1) is 15.4 Å². The number of fused-ring (bicyclic) bond motifs is 1. The molecule has 0 spiro atoms. The Bertz CT molecular complexity index is 967. The summed E-state index contributed by atoms with van der Waals surface area (Å²) in [6.07, 6.45) is 0. The highest BCUT2D eigenvalue weighted by atomic mass is 35.5. The lowest BCUT2D eigenvalue weighted by molar-refractivity contribution is 0.142. The van der Waals surface area contributed by atoms with Crippen LogP contribution in [0.4, 0.5) is 10.7 Å². The molecule has 27 heavy (non-hydrogen) atoms. The molecule has 3 aromatic rings. The van der Waals surface area contributed by atoms with Gasteiger partial charge < -0.3 is 9.42 Å². The van der Waals surface area contributed by atoms with E-state index in [0.29, 0.717) is 29.0 Å². The van der Waals surface area contributed by atoms with Crippen molar-refractivity contribution in [3.63, 3.8) is 0 Å². The molecule has 1 N–H and O–H groups in total. The topological polar surface area (TPSA) is 61.6 Å². The number of urea groups is 1. The summed E-state index contributed by atoms with van der Waals surface area (Å²) >= 11 is 12.0. The smallest absolute Gasteiger partial charge is 0.324 e. The number of benzene rings is 2. The molecule has 140 valence electrons. The van der Waals surface area contributed by atoms with Crippen LogP contribution >= 0.6 is 23.2 Å². The molecule has 1 fully saturated rings. The number of carbonyl (C=O) groups excluding carboxylic acids is 1. The summed E-state index contributed by atoms with van der Waals surface area (Å²) in [5, 5.41) is 8.69. The van der Waals surface area contributed by atoms with Gasteiger partial charge >= 0.3 is 6.03 Å². The van der Waals surface area contributed by atoms with Crippen LogP contribution in [0.15, 0.2) is 47.0 Å². The number of nitrogens with zero attached hydrogens (tertiary/aromatic N) is 3. The minimum atomic E-state index is -0.175. The van der Waals surface area contributed by atoms with Gasteiger partial charge in [-0.2, -0.15) is 0 Å². The van der Waals surface area contributed by atoms with E-state index in [4.69, 9.17) is 27.7 Å². The molecule has 1 aliphatic rings. The lowest BCUT2D eigenvalue weighted by Gasteiger charge is -2.34. The summed E-state index contributed by atoms with van der Waals surface area (Å²) in [7, 11) is 0. The van der Waals surface area contributed by atoms with Crippen molar-refractivity contribution in [2.45, 2.75) is 6.54 Å². The molecule has 0 radical (unpaired) electrons. The number of aromatic nitrogens is 1. The zero-order chi connectivity index (χ0) is 18.8. The summed E-state index contributed by atoms with van der Waals surface area (Å²) < 4.78 is 5.26. The molecule has 1 aromatic heterocycles. The number of piperazine rings is 1. The Labute approximate surface area is 166 Å². The van der Waals surface area contributed by atoms with Gasteiger partial charge in [0.15, 0.2) is 0 Å². The molecular formula is C19H18Cl2N4O2. The van der Waals surface area contributed by atoms with E-state index in [0.717, 1.165) is 36.1 Å². The zero-order valence-electron chi connectivity index (χ0n) is 14.5. The lowest BCUT2D eigenvalue weighted by Crippen LogP contribution is -2.49. The molecule has 1 aliphatic heterocycles. The van der Waals surface area contributed by atoms with Crippen LogP contribution in [0.1, 0.15) is 5.56 Å². The summed E-state index contributed by atoms with van der Waals surface area (Å²) in [5.74, 6) is 0.383. The molecule has 1 saturated heterocycles. The van der Waals surface area contributed by atoms with E-state index in [1.54, 1.807) is 4.90 Å². The third kappa shape index (κ3) is 4.03. The van der Waals surface area contributed by atoms with Gasteiger partial charge in [-0.15, -0.1) is 0 Å². The summed E-state index contributed by atoms with van der Waals surface area (Å²) in [5.41, 5.74) is 1.83. The minimum Gasteiger partial charge on any atom is -0.337 e. The molecular weight excluding hydrogens is 387 g/mol. The second-order valence-electron chi connectivity index (χ2n) is 6.47. The molecule has 4 rings (SSSR count). The molecule has 0 unspecified atom stereocenters. The van der Waals surface area contributed by atoms with Crippen molar-refractivity contribution >= 4 is 46.0 Å². The summed E-state index contributed by atoms with van der Waals surface area (Å²) in [6, 6.07) is 13.0. The molecule has 0 aliphatic carbocycles. The highest BCUT2D eigenvalue weighted by Crippen LogP contribution is 2.24. The van der Waals surface area contributed by atoms with Gasteiger partial charge in [0.25, 0.3) is 0 Å². The van der Waals surface area contributed by atoms with Crippen LogP contribution in [0.2, 0.25) is 10.0 Å². The van der Waals surface area contributed by atoms with Crippen LogP contribution in [0.3, 0.4) is 0 Å². The quantitative estimate of drug-likeness (QED) is 0.698. The highest BCUT2D eigenvalue weighted by Gasteiger charge is 2.23. The molecule has 2 aromatic carbocycles. The van der Waals surface area contributed by atoms with Gasteiger partial charge in [-0.1, -0.05) is 46.6 Å². The number of carbonyl (C=O) groups is 1. The van der Waals surface area contributed by atoms with Crippen LogP contribution in [0.25, 0.3) is 10.9 Å². The van der Waals surface area contributed by atoms with Crippen molar-refractivity contribution in [2.24, 2.45) is 0 Å². The van der Waals surface area contributed by atoms with Crippen LogP contribution in [-0.2, 0) is 6.54 Å². The third-order valence-corrected chi connectivity index (χ3v) is 5.39. The van der Waals surface area contributed by atoms with Gasteiger partial charge in [-0.05, 0) is 29.8 Å². The molecule has 2 amide bonds. The SMILES string of the molecule is O=C(Nc1onc2ccccc12)N1CCN(Cc2ccc(Cl)c(Cl)c2)CC1. The van der Waals surface area contributed by atoms with Crippen molar-refractivity contribution in [2.75, 3.05) is 31.5 Å². The first-order valence-corrected chi connectivity index (χ1v) is 9.42. The number of hydrogen-bond donors (Lipinski definition) is 1. The van der Waals surface area contributed by atoms with Crippen LogP contribution < -0.4 is 5.32 Å².